The molecule has 19 heavy (non-hydrogen) atoms. The molecule has 0 amide bonds. The molecule has 0 aliphatic heterocycles. The van der Waals surface area contributed by atoms with Gasteiger partial charge in [0.1, 0.15) is 4.88 Å². The predicted octanol–water partition coefficient (Wildman–Crippen LogP) is 2.44. The van der Waals surface area contributed by atoms with Gasteiger partial charge in [-0.25, -0.2) is 9.78 Å². The fraction of sp³-hybridized carbons (Fsp3) is 0.308. The molecule has 0 unspecified atom stereocenters. The van der Waals surface area contributed by atoms with Crippen LogP contribution in [0.3, 0.4) is 0 Å². The SMILES string of the molecule is Cc1cc(C(=O)COC(=O)c2cnc(C)s2)c(C)[nH]1. The molecule has 2 heterocycles. The summed E-state index contributed by atoms with van der Waals surface area (Å²) in [6.07, 6.45) is 1.46. The quantitative estimate of drug-likeness (QED) is 0.688. The second kappa shape index (κ2) is 5.36. The summed E-state index contributed by atoms with van der Waals surface area (Å²) in [5.41, 5.74) is 2.25. The zero-order valence-corrected chi connectivity index (χ0v) is 11.8. The van der Waals surface area contributed by atoms with Crippen molar-refractivity contribution in [1.82, 2.24) is 9.97 Å². The molecule has 0 radical (unpaired) electrons. The summed E-state index contributed by atoms with van der Waals surface area (Å²) in [4.78, 5) is 31.0. The Morgan fingerprint density at radius 3 is 2.63 bits per heavy atom. The van der Waals surface area contributed by atoms with Gasteiger partial charge >= 0.3 is 5.97 Å². The Kier molecular flexibility index (Phi) is 3.80. The third kappa shape index (κ3) is 3.08. The van der Waals surface area contributed by atoms with E-state index in [-0.39, 0.29) is 12.4 Å². The van der Waals surface area contributed by atoms with Gasteiger partial charge in [0, 0.05) is 17.0 Å². The van der Waals surface area contributed by atoms with Crippen LogP contribution in [0.25, 0.3) is 0 Å². The van der Waals surface area contributed by atoms with Gasteiger partial charge in [0.15, 0.2) is 6.61 Å². The van der Waals surface area contributed by atoms with E-state index >= 15 is 0 Å². The van der Waals surface area contributed by atoms with Crippen LogP contribution in [-0.4, -0.2) is 28.3 Å². The minimum Gasteiger partial charge on any atom is -0.453 e. The number of thiazole rings is 1. The molecule has 0 aromatic carbocycles. The number of hydrogen-bond acceptors (Lipinski definition) is 5. The summed E-state index contributed by atoms with van der Waals surface area (Å²) in [6, 6.07) is 1.75. The maximum absolute atomic E-state index is 11.9. The second-order valence-corrected chi connectivity index (χ2v) is 5.47. The molecule has 1 N–H and O–H groups in total. The zero-order chi connectivity index (χ0) is 14.0. The molecular weight excluding hydrogens is 264 g/mol. The molecule has 0 spiro atoms. The normalized spacial score (nSPS) is 10.5. The van der Waals surface area contributed by atoms with Crippen molar-refractivity contribution >= 4 is 23.1 Å². The van der Waals surface area contributed by atoms with Crippen LogP contribution in [0.1, 0.15) is 36.4 Å². The lowest BCUT2D eigenvalue weighted by atomic mass is 10.2. The van der Waals surface area contributed by atoms with Gasteiger partial charge in [0.25, 0.3) is 0 Å². The minimum absolute atomic E-state index is 0.212. The van der Waals surface area contributed by atoms with Crippen LogP contribution < -0.4 is 0 Å². The van der Waals surface area contributed by atoms with Crippen molar-refractivity contribution in [2.24, 2.45) is 0 Å². The van der Waals surface area contributed by atoms with Crippen molar-refractivity contribution in [3.63, 3.8) is 0 Å². The molecular formula is C13H14N2O3S. The van der Waals surface area contributed by atoms with E-state index in [2.05, 4.69) is 9.97 Å². The standard InChI is InChI=1S/C13H14N2O3S/c1-7-4-10(8(2)15-7)11(16)6-18-13(17)12-5-14-9(3)19-12/h4-5,15H,6H2,1-3H3. The molecule has 6 heteroatoms. The maximum Gasteiger partial charge on any atom is 0.350 e. The van der Waals surface area contributed by atoms with E-state index in [1.165, 1.54) is 17.5 Å². The Morgan fingerprint density at radius 1 is 1.37 bits per heavy atom. The van der Waals surface area contributed by atoms with Gasteiger partial charge in [-0.3, -0.25) is 4.79 Å². The smallest absolute Gasteiger partial charge is 0.350 e. The Labute approximate surface area is 114 Å². The first-order chi connectivity index (χ1) is 8.97. The van der Waals surface area contributed by atoms with Gasteiger partial charge in [-0.05, 0) is 26.8 Å². The molecule has 2 aromatic heterocycles. The van der Waals surface area contributed by atoms with E-state index in [0.717, 1.165) is 16.4 Å². The van der Waals surface area contributed by atoms with Gasteiger partial charge in [0.05, 0.1) is 11.2 Å². The van der Waals surface area contributed by atoms with Crippen LogP contribution in [0.5, 0.6) is 0 Å². The van der Waals surface area contributed by atoms with Gasteiger partial charge in [-0.1, -0.05) is 0 Å². The number of hydrogen-bond donors (Lipinski definition) is 1. The fourth-order valence-corrected chi connectivity index (χ4v) is 2.42. The number of aromatic nitrogens is 2. The van der Waals surface area contributed by atoms with Crippen LogP contribution in [0.15, 0.2) is 12.3 Å². The van der Waals surface area contributed by atoms with Gasteiger partial charge in [-0.15, -0.1) is 11.3 Å². The van der Waals surface area contributed by atoms with Crippen LogP contribution in [0.4, 0.5) is 0 Å². The summed E-state index contributed by atoms with van der Waals surface area (Å²) < 4.78 is 4.99. The first-order valence-corrected chi connectivity index (χ1v) is 6.58. The van der Waals surface area contributed by atoms with Crippen LogP contribution in [-0.2, 0) is 4.74 Å². The second-order valence-electron chi connectivity index (χ2n) is 4.23. The molecule has 100 valence electrons. The van der Waals surface area contributed by atoms with Crippen molar-refractivity contribution in [1.29, 1.82) is 0 Å². The highest BCUT2D eigenvalue weighted by Gasteiger charge is 2.16. The highest BCUT2D eigenvalue weighted by Crippen LogP contribution is 2.14. The summed E-state index contributed by atoms with van der Waals surface area (Å²) in [5.74, 6) is -0.722. The Hall–Kier alpha value is -1.95. The number of rotatable bonds is 4. The zero-order valence-electron chi connectivity index (χ0n) is 10.9. The van der Waals surface area contributed by atoms with E-state index in [9.17, 15) is 9.59 Å². The van der Waals surface area contributed by atoms with Crippen molar-refractivity contribution in [2.45, 2.75) is 20.8 Å². The molecule has 0 bridgehead atoms. The number of carbonyl (C=O) groups is 2. The number of H-pyrrole nitrogens is 1. The number of carbonyl (C=O) groups excluding carboxylic acids is 2. The first-order valence-electron chi connectivity index (χ1n) is 5.76. The number of nitrogens with one attached hydrogen (secondary N) is 1. The van der Waals surface area contributed by atoms with Crippen LogP contribution in [0.2, 0.25) is 0 Å². The summed E-state index contributed by atoms with van der Waals surface area (Å²) in [5, 5.41) is 0.787. The molecule has 2 aromatic rings. The molecule has 2 rings (SSSR count). The summed E-state index contributed by atoms with van der Waals surface area (Å²) in [7, 11) is 0. The highest BCUT2D eigenvalue weighted by atomic mass is 32.1. The number of aryl methyl sites for hydroxylation is 3. The minimum atomic E-state index is -0.510. The first kappa shape index (κ1) is 13.5. The number of ether oxygens (including phenoxy) is 1. The average Bonchev–Trinajstić information content (AvgIpc) is 2.92. The summed E-state index contributed by atoms with van der Waals surface area (Å²) in [6.45, 7) is 5.23. The molecule has 0 aliphatic carbocycles. The Bertz CT molecular complexity index is 628. The number of ketones is 1. The Morgan fingerprint density at radius 2 is 2.11 bits per heavy atom. The molecule has 0 atom stereocenters. The van der Waals surface area contributed by atoms with E-state index in [1.807, 2.05) is 13.8 Å². The van der Waals surface area contributed by atoms with E-state index in [0.29, 0.717) is 10.4 Å². The third-order valence-electron chi connectivity index (χ3n) is 2.61. The summed E-state index contributed by atoms with van der Waals surface area (Å²) >= 11 is 1.25. The van der Waals surface area contributed by atoms with Gasteiger partial charge < -0.3 is 9.72 Å². The topological polar surface area (TPSA) is 72.1 Å². The predicted molar refractivity (Wildman–Crippen MR) is 71.7 cm³/mol. The van der Waals surface area contributed by atoms with Gasteiger partial charge in [-0.2, -0.15) is 0 Å². The van der Waals surface area contributed by atoms with Crippen molar-refractivity contribution in [3.05, 3.63) is 39.1 Å². The lowest BCUT2D eigenvalue weighted by molar-refractivity contribution is 0.0479. The van der Waals surface area contributed by atoms with E-state index in [1.54, 1.807) is 13.0 Å². The largest absolute Gasteiger partial charge is 0.453 e. The highest BCUT2D eigenvalue weighted by molar-refractivity contribution is 7.13. The number of Topliss-reactive ketones (excluding diaryl/α,β-unsaturated/α-hetero) is 1. The maximum atomic E-state index is 11.9. The van der Waals surface area contributed by atoms with Crippen LogP contribution >= 0.6 is 11.3 Å². The van der Waals surface area contributed by atoms with E-state index < -0.39 is 5.97 Å². The lowest BCUT2D eigenvalue weighted by Gasteiger charge is -2.02. The molecule has 0 fully saturated rings. The third-order valence-corrected chi connectivity index (χ3v) is 3.50. The lowest BCUT2D eigenvalue weighted by Crippen LogP contribution is -2.13. The van der Waals surface area contributed by atoms with Gasteiger partial charge in [0.2, 0.25) is 5.78 Å². The fourth-order valence-electron chi connectivity index (χ4n) is 1.75. The average molecular weight is 278 g/mol. The molecule has 0 aliphatic rings. The van der Waals surface area contributed by atoms with Crippen molar-refractivity contribution in [2.75, 3.05) is 6.61 Å². The molecule has 5 nitrogen and oxygen atoms in total. The molecule has 0 saturated carbocycles. The van der Waals surface area contributed by atoms with E-state index in [4.69, 9.17) is 4.74 Å². The number of aromatic amines is 1. The monoisotopic (exact) mass is 278 g/mol. The molecule has 0 saturated heterocycles. The number of nitrogens with zero attached hydrogens (tertiary/aromatic N) is 1. The Balaban J connectivity index is 1.97. The van der Waals surface area contributed by atoms with Crippen molar-refractivity contribution in [3.8, 4) is 0 Å². The van der Waals surface area contributed by atoms with Crippen LogP contribution in [0, 0.1) is 20.8 Å². The van der Waals surface area contributed by atoms with Crippen molar-refractivity contribution < 1.29 is 14.3 Å². The number of esters is 1.